The molecule has 0 bridgehead atoms. The lowest BCUT2D eigenvalue weighted by Crippen LogP contribution is -2.51. The van der Waals surface area contributed by atoms with E-state index < -0.39 is 0 Å². The normalized spacial score (nSPS) is 14.6. The van der Waals surface area contributed by atoms with Gasteiger partial charge in [-0.05, 0) is 11.1 Å². The van der Waals surface area contributed by atoms with Gasteiger partial charge in [0.1, 0.15) is 0 Å². The Morgan fingerprint density at radius 2 is 1.37 bits per heavy atom. The Bertz CT molecular complexity index is 728. The quantitative estimate of drug-likeness (QED) is 0.820. The van der Waals surface area contributed by atoms with E-state index in [2.05, 4.69) is 27.7 Å². The molecule has 3 amide bonds. The van der Waals surface area contributed by atoms with Gasteiger partial charge in [0.15, 0.2) is 0 Å². The molecule has 0 unspecified atom stereocenters. The third kappa shape index (κ3) is 6.11. The Morgan fingerprint density at radius 1 is 0.778 bits per heavy atom. The molecule has 0 radical (unpaired) electrons. The number of hydrogen-bond acceptors (Lipinski definition) is 3. The predicted molar refractivity (Wildman–Crippen MR) is 105 cm³/mol. The molecule has 0 atom stereocenters. The molecule has 0 aromatic heterocycles. The minimum Gasteiger partial charge on any atom is -0.339 e. The molecule has 3 rings (SSSR count). The van der Waals surface area contributed by atoms with E-state index in [1.807, 2.05) is 53.4 Å². The molecule has 6 heteroatoms. The molecule has 1 fully saturated rings. The zero-order valence-electron chi connectivity index (χ0n) is 15.4. The van der Waals surface area contributed by atoms with Crippen LogP contribution in [0.2, 0.25) is 0 Å². The fourth-order valence-electron chi connectivity index (χ4n) is 3.11. The smallest absolute Gasteiger partial charge is 0.315 e. The van der Waals surface area contributed by atoms with Gasteiger partial charge < -0.3 is 15.5 Å². The molecule has 2 aromatic carbocycles. The minimum absolute atomic E-state index is 0.0271. The number of benzene rings is 2. The third-order valence-electron chi connectivity index (χ3n) is 4.67. The first-order valence-corrected chi connectivity index (χ1v) is 9.30. The summed E-state index contributed by atoms with van der Waals surface area (Å²) in [7, 11) is 0. The number of carbonyl (C=O) groups is 2. The zero-order chi connectivity index (χ0) is 18.9. The fourth-order valence-corrected chi connectivity index (χ4v) is 3.11. The molecule has 142 valence electrons. The Labute approximate surface area is 160 Å². The van der Waals surface area contributed by atoms with Gasteiger partial charge >= 0.3 is 6.03 Å². The number of amides is 3. The van der Waals surface area contributed by atoms with Crippen molar-refractivity contribution in [2.75, 3.05) is 32.7 Å². The van der Waals surface area contributed by atoms with Gasteiger partial charge in [0.25, 0.3) is 0 Å². The van der Waals surface area contributed by atoms with Gasteiger partial charge in [0.05, 0.1) is 6.54 Å². The van der Waals surface area contributed by atoms with Crippen molar-refractivity contribution in [3.8, 4) is 0 Å². The Balaban J connectivity index is 1.34. The molecular weight excluding hydrogens is 340 g/mol. The highest BCUT2D eigenvalue weighted by atomic mass is 16.2. The van der Waals surface area contributed by atoms with E-state index in [4.69, 9.17) is 0 Å². The molecule has 6 nitrogen and oxygen atoms in total. The summed E-state index contributed by atoms with van der Waals surface area (Å²) in [5.74, 6) is -0.0378. The van der Waals surface area contributed by atoms with Crippen LogP contribution in [0.1, 0.15) is 11.1 Å². The monoisotopic (exact) mass is 366 g/mol. The minimum atomic E-state index is -0.324. The summed E-state index contributed by atoms with van der Waals surface area (Å²) in [5, 5.41) is 5.41. The summed E-state index contributed by atoms with van der Waals surface area (Å²) in [6.45, 7) is 4.46. The van der Waals surface area contributed by atoms with Crippen LogP contribution in [0.5, 0.6) is 0 Å². The van der Waals surface area contributed by atoms with E-state index in [-0.39, 0.29) is 18.5 Å². The fraction of sp³-hybridized carbons (Fsp3) is 0.333. The Kier molecular flexibility index (Phi) is 6.82. The predicted octanol–water partition coefficient (Wildman–Crippen LogP) is 1.83. The molecule has 1 saturated heterocycles. The lowest BCUT2D eigenvalue weighted by Gasteiger charge is -2.34. The van der Waals surface area contributed by atoms with Crippen LogP contribution in [0, 0.1) is 0 Å². The van der Waals surface area contributed by atoms with Crippen LogP contribution in [-0.4, -0.2) is 54.5 Å². The van der Waals surface area contributed by atoms with Crippen molar-refractivity contribution in [2.45, 2.75) is 13.1 Å². The maximum atomic E-state index is 12.3. The van der Waals surface area contributed by atoms with E-state index in [9.17, 15) is 9.59 Å². The van der Waals surface area contributed by atoms with E-state index in [1.54, 1.807) is 0 Å². The van der Waals surface area contributed by atoms with Crippen molar-refractivity contribution in [1.29, 1.82) is 0 Å². The Hall–Kier alpha value is -2.86. The topological polar surface area (TPSA) is 64.7 Å². The van der Waals surface area contributed by atoms with Gasteiger partial charge in [-0.15, -0.1) is 0 Å². The molecular formula is C21H26N4O2. The van der Waals surface area contributed by atoms with E-state index >= 15 is 0 Å². The van der Waals surface area contributed by atoms with Crippen LogP contribution in [0.25, 0.3) is 0 Å². The third-order valence-corrected chi connectivity index (χ3v) is 4.67. The SMILES string of the molecule is O=C(NCC(=O)N1CCN(Cc2ccccc2)CC1)NCc1ccccc1. The van der Waals surface area contributed by atoms with Gasteiger partial charge in [-0.25, -0.2) is 4.79 Å². The largest absolute Gasteiger partial charge is 0.339 e. The summed E-state index contributed by atoms with van der Waals surface area (Å²) in [6.07, 6.45) is 0. The van der Waals surface area contributed by atoms with Crippen LogP contribution in [0.4, 0.5) is 4.79 Å². The van der Waals surface area contributed by atoms with Crippen LogP contribution in [-0.2, 0) is 17.9 Å². The molecule has 0 aliphatic carbocycles. The first kappa shape index (κ1) is 18.9. The lowest BCUT2D eigenvalue weighted by atomic mass is 10.2. The van der Waals surface area contributed by atoms with Crippen LogP contribution in [0.15, 0.2) is 60.7 Å². The summed E-state index contributed by atoms with van der Waals surface area (Å²) in [5.41, 5.74) is 2.31. The molecule has 1 aliphatic heterocycles. The highest BCUT2D eigenvalue weighted by Crippen LogP contribution is 2.08. The van der Waals surface area contributed by atoms with Crippen LogP contribution in [0.3, 0.4) is 0 Å². The molecule has 2 aromatic rings. The highest BCUT2D eigenvalue weighted by Gasteiger charge is 2.21. The second-order valence-electron chi connectivity index (χ2n) is 6.66. The maximum Gasteiger partial charge on any atom is 0.315 e. The number of urea groups is 1. The van der Waals surface area contributed by atoms with Gasteiger partial charge in [-0.1, -0.05) is 60.7 Å². The number of carbonyl (C=O) groups excluding carboxylic acids is 2. The van der Waals surface area contributed by atoms with Crippen molar-refractivity contribution in [2.24, 2.45) is 0 Å². The van der Waals surface area contributed by atoms with Gasteiger partial charge in [0.2, 0.25) is 5.91 Å². The number of hydrogen-bond donors (Lipinski definition) is 2. The highest BCUT2D eigenvalue weighted by molar-refractivity contribution is 5.84. The molecule has 0 spiro atoms. The summed E-state index contributed by atoms with van der Waals surface area (Å²) in [6, 6.07) is 19.7. The second kappa shape index (κ2) is 9.73. The van der Waals surface area contributed by atoms with E-state index in [1.165, 1.54) is 5.56 Å². The van der Waals surface area contributed by atoms with Gasteiger partial charge in [-0.3, -0.25) is 9.69 Å². The number of nitrogens with zero attached hydrogens (tertiary/aromatic N) is 2. The van der Waals surface area contributed by atoms with Crippen molar-refractivity contribution in [1.82, 2.24) is 20.4 Å². The first-order valence-electron chi connectivity index (χ1n) is 9.30. The molecule has 0 saturated carbocycles. The van der Waals surface area contributed by atoms with Crippen LogP contribution < -0.4 is 10.6 Å². The van der Waals surface area contributed by atoms with Crippen molar-refractivity contribution < 1.29 is 9.59 Å². The van der Waals surface area contributed by atoms with Gasteiger partial charge in [-0.2, -0.15) is 0 Å². The maximum absolute atomic E-state index is 12.3. The molecule has 2 N–H and O–H groups in total. The molecule has 1 heterocycles. The van der Waals surface area contributed by atoms with Crippen molar-refractivity contribution >= 4 is 11.9 Å². The second-order valence-corrected chi connectivity index (χ2v) is 6.66. The Morgan fingerprint density at radius 3 is 2.00 bits per heavy atom. The molecule has 1 aliphatic rings. The number of nitrogens with one attached hydrogen (secondary N) is 2. The van der Waals surface area contributed by atoms with Crippen molar-refractivity contribution in [3.63, 3.8) is 0 Å². The van der Waals surface area contributed by atoms with E-state index in [0.29, 0.717) is 19.6 Å². The lowest BCUT2D eigenvalue weighted by molar-refractivity contribution is -0.131. The number of piperazine rings is 1. The zero-order valence-corrected chi connectivity index (χ0v) is 15.4. The van der Waals surface area contributed by atoms with Gasteiger partial charge in [0, 0.05) is 39.3 Å². The summed E-state index contributed by atoms with van der Waals surface area (Å²) < 4.78 is 0. The van der Waals surface area contributed by atoms with E-state index in [0.717, 1.165) is 25.2 Å². The first-order chi connectivity index (χ1) is 13.2. The van der Waals surface area contributed by atoms with Crippen LogP contribution >= 0.6 is 0 Å². The summed E-state index contributed by atoms with van der Waals surface area (Å²) in [4.78, 5) is 28.3. The number of rotatable bonds is 6. The summed E-state index contributed by atoms with van der Waals surface area (Å²) >= 11 is 0. The van der Waals surface area contributed by atoms with Crippen molar-refractivity contribution in [3.05, 3.63) is 71.8 Å². The standard InChI is InChI=1S/C21H26N4O2/c26-20(16-23-21(27)22-15-18-7-3-1-4-8-18)25-13-11-24(12-14-25)17-19-9-5-2-6-10-19/h1-10H,11-17H2,(H2,22,23,27). The average Bonchev–Trinajstić information content (AvgIpc) is 2.72. The molecule has 27 heavy (non-hydrogen) atoms. The average molecular weight is 366 g/mol.